The first-order valence-corrected chi connectivity index (χ1v) is 5.99. The third kappa shape index (κ3) is 2.35. The molecule has 0 bridgehead atoms. The van der Waals surface area contributed by atoms with E-state index in [9.17, 15) is 9.59 Å². The predicted octanol–water partition coefficient (Wildman–Crippen LogP) is 1.90. The normalized spacial score (nSPS) is 13.3. The average molecular weight is 273 g/mol. The highest BCUT2D eigenvalue weighted by atomic mass is 16.5. The summed E-state index contributed by atoms with van der Waals surface area (Å²) in [6, 6.07) is 8.59. The van der Waals surface area contributed by atoms with E-state index in [4.69, 9.17) is 14.3 Å². The van der Waals surface area contributed by atoms with Crippen molar-refractivity contribution in [2.45, 2.75) is 6.42 Å². The first kappa shape index (κ1) is 12.3. The highest BCUT2D eigenvalue weighted by Gasteiger charge is 2.17. The van der Waals surface area contributed by atoms with Gasteiger partial charge in [0.05, 0.1) is 5.69 Å². The van der Waals surface area contributed by atoms with E-state index >= 15 is 0 Å². The van der Waals surface area contributed by atoms with Gasteiger partial charge in [-0.15, -0.1) is 0 Å². The zero-order valence-electron chi connectivity index (χ0n) is 10.4. The molecule has 6 nitrogen and oxygen atoms in total. The van der Waals surface area contributed by atoms with Gasteiger partial charge in [-0.2, -0.15) is 0 Å². The molecule has 2 heterocycles. The molecule has 0 atom stereocenters. The van der Waals surface area contributed by atoms with E-state index in [0.717, 1.165) is 5.56 Å². The van der Waals surface area contributed by atoms with Crippen LogP contribution in [0.3, 0.4) is 0 Å². The summed E-state index contributed by atoms with van der Waals surface area (Å²) in [6.07, 6.45) is -0.162. The highest BCUT2D eigenvalue weighted by molar-refractivity contribution is 5.96. The molecule has 1 aromatic carbocycles. The number of carbonyl (C=O) groups excluding carboxylic acids is 1. The molecular weight excluding hydrogens is 262 g/mol. The predicted molar refractivity (Wildman–Crippen MR) is 69.6 cm³/mol. The Morgan fingerprint density at radius 3 is 2.95 bits per heavy atom. The summed E-state index contributed by atoms with van der Waals surface area (Å²) in [5.41, 5.74) is 1.32. The van der Waals surface area contributed by atoms with Crippen molar-refractivity contribution < 1.29 is 23.8 Å². The maximum atomic E-state index is 11.3. The number of carboxylic acid groups (broad SMARTS) is 1. The minimum absolute atomic E-state index is 0.00978. The molecule has 3 rings (SSSR count). The van der Waals surface area contributed by atoms with Crippen molar-refractivity contribution in [1.82, 2.24) is 0 Å². The lowest BCUT2D eigenvalue weighted by molar-refractivity contribution is -0.136. The van der Waals surface area contributed by atoms with Gasteiger partial charge in [0, 0.05) is 5.56 Å². The Morgan fingerprint density at radius 2 is 2.15 bits per heavy atom. The van der Waals surface area contributed by atoms with Crippen LogP contribution in [0.4, 0.5) is 5.69 Å². The largest absolute Gasteiger partial charge is 0.482 e. The van der Waals surface area contributed by atoms with Crippen molar-refractivity contribution in [2.24, 2.45) is 0 Å². The molecule has 0 unspecified atom stereocenters. The molecule has 0 aliphatic carbocycles. The molecule has 0 spiro atoms. The molecule has 102 valence electrons. The molecule has 0 radical (unpaired) electrons. The van der Waals surface area contributed by atoms with Gasteiger partial charge in [-0.05, 0) is 30.3 Å². The number of hydrogen-bond donors (Lipinski definition) is 2. The first-order valence-electron chi connectivity index (χ1n) is 5.99. The smallest absolute Gasteiger partial charge is 0.311 e. The molecular formula is C14H11NO5. The van der Waals surface area contributed by atoms with Crippen molar-refractivity contribution in [1.29, 1.82) is 0 Å². The summed E-state index contributed by atoms with van der Waals surface area (Å²) < 4.78 is 10.7. The topological polar surface area (TPSA) is 88.8 Å². The van der Waals surface area contributed by atoms with Crippen LogP contribution in [0.1, 0.15) is 5.76 Å². The van der Waals surface area contributed by atoms with Crippen molar-refractivity contribution >= 4 is 17.6 Å². The van der Waals surface area contributed by atoms with Gasteiger partial charge in [-0.25, -0.2) is 0 Å². The summed E-state index contributed by atoms with van der Waals surface area (Å²) >= 11 is 0. The fraction of sp³-hybridized carbons (Fsp3) is 0.143. The lowest BCUT2D eigenvalue weighted by atomic mass is 10.1. The number of hydrogen-bond acceptors (Lipinski definition) is 4. The van der Waals surface area contributed by atoms with Crippen LogP contribution < -0.4 is 10.1 Å². The number of rotatable bonds is 3. The molecule has 1 aliphatic rings. The van der Waals surface area contributed by atoms with Gasteiger partial charge in [0.15, 0.2) is 6.61 Å². The van der Waals surface area contributed by atoms with Crippen molar-refractivity contribution in [3.63, 3.8) is 0 Å². The number of amides is 1. The Hall–Kier alpha value is -2.76. The Labute approximate surface area is 114 Å². The van der Waals surface area contributed by atoms with E-state index < -0.39 is 5.97 Å². The zero-order chi connectivity index (χ0) is 14.1. The molecule has 2 N–H and O–H groups in total. The summed E-state index contributed by atoms with van der Waals surface area (Å²) in [4.78, 5) is 21.9. The van der Waals surface area contributed by atoms with Crippen molar-refractivity contribution in [3.05, 3.63) is 36.1 Å². The Kier molecular flexibility index (Phi) is 2.90. The van der Waals surface area contributed by atoms with Crippen LogP contribution in [-0.2, 0) is 16.0 Å². The monoisotopic (exact) mass is 273 g/mol. The van der Waals surface area contributed by atoms with Crippen LogP contribution in [0.15, 0.2) is 34.7 Å². The Bertz CT molecular complexity index is 689. The first-order chi connectivity index (χ1) is 9.61. The highest BCUT2D eigenvalue weighted by Crippen LogP contribution is 2.33. The number of furan rings is 1. The number of fused-ring (bicyclic) bond motifs is 1. The number of nitrogens with one attached hydrogen (secondary N) is 1. The third-order valence-electron chi connectivity index (χ3n) is 2.88. The zero-order valence-corrected chi connectivity index (χ0v) is 10.4. The van der Waals surface area contributed by atoms with E-state index in [2.05, 4.69) is 5.32 Å². The van der Waals surface area contributed by atoms with E-state index in [-0.39, 0.29) is 18.9 Å². The standard InChI is InChI=1S/C14H11NO5/c16-13-7-19-12-3-1-8(5-10(12)15-13)11-4-2-9(20-11)6-14(17)18/h1-5H,6-7H2,(H,15,16)(H,17,18). The quantitative estimate of drug-likeness (QED) is 0.891. The number of aliphatic carboxylic acids is 1. The molecule has 0 fully saturated rings. The average Bonchev–Trinajstić information content (AvgIpc) is 2.85. The summed E-state index contributed by atoms with van der Waals surface area (Å²) in [5, 5.41) is 11.4. The molecule has 6 heteroatoms. The Morgan fingerprint density at radius 1 is 1.30 bits per heavy atom. The molecule has 2 aromatic rings. The lowest BCUT2D eigenvalue weighted by Gasteiger charge is -2.18. The van der Waals surface area contributed by atoms with Gasteiger partial charge in [0.2, 0.25) is 0 Å². The van der Waals surface area contributed by atoms with Gasteiger partial charge in [0.25, 0.3) is 5.91 Å². The van der Waals surface area contributed by atoms with Crippen molar-refractivity contribution in [3.8, 4) is 17.1 Å². The molecule has 1 amide bonds. The number of carboxylic acids is 1. The van der Waals surface area contributed by atoms with Gasteiger partial charge in [-0.1, -0.05) is 0 Å². The molecule has 1 aromatic heterocycles. The minimum atomic E-state index is -0.947. The second-order valence-electron chi connectivity index (χ2n) is 4.38. The van der Waals surface area contributed by atoms with Crippen LogP contribution in [-0.4, -0.2) is 23.6 Å². The maximum absolute atomic E-state index is 11.3. The molecule has 0 saturated carbocycles. The lowest BCUT2D eigenvalue weighted by Crippen LogP contribution is -2.25. The Balaban J connectivity index is 1.90. The maximum Gasteiger partial charge on any atom is 0.311 e. The van der Waals surface area contributed by atoms with Crippen LogP contribution in [0.2, 0.25) is 0 Å². The van der Waals surface area contributed by atoms with E-state index in [1.54, 1.807) is 30.3 Å². The van der Waals surface area contributed by atoms with E-state index in [0.29, 0.717) is 23.0 Å². The van der Waals surface area contributed by atoms with Gasteiger partial charge in [0.1, 0.15) is 23.7 Å². The summed E-state index contributed by atoms with van der Waals surface area (Å²) in [7, 11) is 0. The van der Waals surface area contributed by atoms with Crippen LogP contribution in [0.25, 0.3) is 11.3 Å². The van der Waals surface area contributed by atoms with Crippen LogP contribution in [0.5, 0.6) is 5.75 Å². The second-order valence-corrected chi connectivity index (χ2v) is 4.38. The molecule has 0 saturated heterocycles. The number of carbonyl (C=O) groups is 2. The second kappa shape index (κ2) is 4.73. The van der Waals surface area contributed by atoms with Crippen molar-refractivity contribution in [2.75, 3.05) is 11.9 Å². The third-order valence-corrected chi connectivity index (χ3v) is 2.88. The van der Waals surface area contributed by atoms with Crippen LogP contribution in [0, 0.1) is 0 Å². The van der Waals surface area contributed by atoms with E-state index in [1.807, 2.05) is 0 Å². The number of ether oxygens (including phenoxy) is 1. The minimum Gasteiger partial charge on any atom is -0.482 e. The fourth-order valence-electron chi connectivity index (χ4n) is 2.01. The summed E-state index contributed by atoms with van der Waals surface area (Å²) in [5.74, 6) is 0.373. The number of anilines is 1. The fourth-order valence-corrected chi connectivity index (χ4v) is 2.01. The SMILES string of the molecule is O=C(O)Cc1ccc(-c2ccc3c(c2)NC(=O)CO3)o1. The molecule has 1 aliphatic heterocycles. The van der Waals surface area contributed by atoms with Gasteiger partial charge in [-0.3, -0.25) is 9.59 Å². The van der Waals surface area contributed by atoms with Gasteiger partial charge < -0.3 is 19.6 Å². The summed E-state index contributed by atoms with van der Waals surface area (Å²) in [6.45, 7) is 0.00978. The van der Waals surface area contributed by atoms with Gasteiger partial charge >= 0.3 is 5.97 Å². The van der Waals surface area contributed by atoms with E-state index in [1.165, 1.54) is 0 Å². The van der Waals surface area contributed by atoms with Crippen LogP contribution >= 0.6 is 0 Å². The molecule has 20 heavy (non-hydrogen) atoms. The number of benzene rings is 1.